The summed E-state index contributed by atoms with van der Waals surface area (Å²) < 4.78 is 11.7. The summed E-state index contributed by atoms with van der Waals surface area (Å²) >= 11 is 3.35. The smallest absolute Gasteiger partial charge is 0.277 e. The Kier molecular flexibility index (Phi) is 6.62. The van der Waals surface area contributed by atoms with Gasteiger partial charge in [0, 0.05) is 5.56 Å². The van der Waals surface area contributed by atoms with Crippen LogP contribution in [0.25, 0.3) is 0 Å². The Bertz CT molecular complexity index is 689. The van der Waals surface area contributed by atoms with Crippen LogP contribution < -0.4 is 14.9 Å². The molecule has 120 valence electrons. The number of halogens is 1. The van der Waals surface area contributed by atoms with Crippen LogP contribution in [-0.4, -0.2) is 25.3 Å². The van der Waals surface area contributed by atoms with Gasteiger partial charge in [-0.15, -0.1) is 0 Å². The van der Waals surface area contributed by atoms with Crippen LogP contribution in [0.3, 0.4) is 0 Å². The molecular formula is C17H17BrN2O3. The third-order valence-electron chi connectivity index (χ3n) is 2.81. The van der Waals surface area contributed by atoms with Crippen LogP contribution in [0.15, 0.2) is 58.1 Å². The highest BCUT2D eigenvalue weighted by Gasteiger charge is 2.04. The van der Waals surface area contributed by atoms with Gasteiger partial charge in [-0.1, -0.05) is 24.3 Å². The molecule has 0 saturated heterocycles. The average molecular weight is 377 g/mol. The van der Waals surface area contributed by atoms with Crippen molar-refractivity contribution in [1.29, 1.82) is 0 Å². The highest BCUT2D eigenvalue weighted by molar-refractivity contribution is 9.10. The molecule has 0 aliphatic carbocycles. The number of hydrogen-bond donors (Lipinski definition) is 1. The average Bonchev–Trinajstić information content (AvgIpc) is 2.56. The monoisotopic (exact) mass is 376 g/mol. The standard InChI is InChI=1S/C17H17BrN2O3/c1-2-22-15-9-5-3-7-13(15)11-19-20-17(21)12-23-16-10-6-4-8-14(16)18/h3-11H,2,12H2,1H3,(H,20,21)/b19-11+. The molecule has 0 bridgehead atoms. The molecule has 0 aromatic heterocycles. The first kappa shape index (κ1) is 17.0. The molecule has 2 aromatic carbocycles. The molecule has 1 N–H and O–H groups in total. The number of benzene rings is 2. The van der Waals surface area contributed by atoms with Crippen LogP contribution in [0.1, 0.15) is 12.5 Å². The molecule has 0 radical (unpaired) electrons. The van der Waals surface area contributed by atoms with E-state index >= 15 is 0 Å². The topological polar surface area (TPSA) is 59.9 Å². The van der Waals surface area contributed by atoms with Gasteiger partial charge in [0.05, 0.1) is 17.3 Å². The van der Waals surface area contributed by atoms with Crippen molar-refractivity contribution in [2.24, 2.45) is 5.10 Å². The van der Waals surface area contributed by atoms with Gasteiger partial charge in [-0.05, 0) is 47.1 Å². The van der Waals surface area contributed by atoms with Crippen LogP contribution in [0, 0.1) is 0 Å². The van der Waals surface area contributed by atoms with Gasteiger partial charge in [0.25, 0.3) is 5.91 Å². The number of hydrogen-bond acceptors (Lipinski definition) is 4. The lowest BCUT2D eigenvalue weighted by atomic mass is 10.2. The van der Waals surface area contributed by atoms with Gasteiger partial charge in [-0.3, -0.25) is 4.79 Å². The summed E-state index contributed by atoms with van der Waals surface area (Å²) in [5, 5.41) is 3.92. The third-order valence-corrected chi connectivity index (χ3v) is 3.46. The summed E-state index contributed by atoms with van der Waals surface area (Å²) in [4.78, 5) is 11.7. The Hall–Kier alpha value is -2.34. The molecule has 0 aliphatic rings. The summed E-state index contributed by atoms with van der Waals surface area (Å²) in [6.07, 6.45) is 1.54. The van der Waals surface area contributed by atoms with Gasteiger partial charge in [0.2, 0.25) is 0 Å². The van der Waals surface area contributed by atoms with Crippen molar-refractivity contribution in [2.45, 2.75) is 6.92 Å². The number of hydrazone groups is 1. The minimum atomic E-state index is -0.342. The Morgan fingerprint density at radius 3 is 2.57 bits per heavy atom. The lowest BCUT2D eigenvalue weighted by Gasteiger charge is -2.07. The number of nitrogens with one attached hydrogen (secondary N) is 1. The second-order valence-electron chi connectivity index (χ2n) is 4.48. The molecule has 5 nitrogen and oxygen atoms in total. The van der Waals surface area contributed by atoms with Gasteiger partial charge in [-0.2, -0.15) is 5.10 Å². The van der Waals surface area contributed by atoms with Crippen molar-refractivity contribution < 1.29 is 14.3 Å². The molecule has 0 unspecified atom stereocenters. The maximum atomic E-state index is 11.7. The lowest BCUT2D eigenvalue weighted by molar-refractivity contribution is -0.123. The van der Waals surface area contributed by atoms with Crippen LogP contribution in [0.2, 0.25) is 0 Å². The number of para-hydroxylation sites is 2. The van der Waals surface area contributed by atoms with Crippen molar-refractivity contribution in [1.82, 2.24) is 5.43 Å². The summed E-state index contributed by atoms with van der Waals surface area (Å²) in [6, 6.07) is 14.8. The Morgan fingerprint density at radius 2 is 1.83 bits per heavy atom. The van der Waals surface area contributed by atoms with E-state index in [2.05, 4.69) is 26.5 Å². The molecule has 2 aromatic rings. The van der Waals surface area contributed by atoms with Crippen LogP contribution in [0.5, 0.6) is 11.5 Å². The van der Waals surface area contributed by atoms with Gasteiger partial charge in [0.1, 0.15) is 11.5 Å². The maximum absolute atomic E-state index is 11.7. The predicted octanol–water partition coefficient (Wildman–Crippen LogP) is 3.38. The molecule has 0 spiro atoms. The highest BCUT2D eigenvalue weighted by Crippen LogP contribution is 2.23. The van der Waals surface area contributed by atoms with E-state index in [1.165, 1.54) is 0 Å². The number of ether oxygens (including phenoxy) is 2. The van der Waals surface area contributed by atoms with Crippen LogP contribution >= 0.6 is 15.9 Å². The molecule has 1 amide bonds. The molecule has 0 heterocycles. The lowest BCUT2D eigenvalue weighted by Crippen LogP contribution is -2.24. The molecule has 0 atom stereocenters. The molecule has 23 heavy (non-hydrogen) atoms. The molecule has 0 saturated carbocycles. The summed E-state index contributed by atoms with van der Waals surface area (Å²) in [5.74, 6) is 0.983. The zero-order valence-electron chi connectivity index (χ0n) is 12.7. The van der Waals surface area contributed by atoms with Gasteiger partial charge >= 0.3 is 0 Å². The normalized spacial score (nSPS) is 10.5. The third kappa shape index (κ3) is 5.41. The van der Waals surface area contributed by atoms with E-state index in [-0.39, 0.29) is 12.5 Å². The summed E-state index contributed by atoms with van der Waals surface area (Å²) in [5.41, 5.74) is 3.22. The second-order valence-corrected chi connectivity index (χ2v) is 5.34. The van der Waals surface area contributed by atoms with Gasteiger partial charge in [0.15, 0.2) is 6.61 Å². The van der Waals surface area contributed by atoms with Gasteiger partial charge in [-0.25, -0.2) is 5.43 Å². The zero-order chi connectivity index (χ0) is 16.5. The molecule has 2 rings (SSSR count). The van der Waals surface area contributed by atoms with E-state index in [1.54, 1.807) is 12.3 Å². The molecule has 0 aliphatic heterocycles. The van der Waals surface area contributed by atoms with E-state index in [0.717, 1.165) is 15.8 Å². The number of carbonyl (C=O) groups is 1. The van der Waals surface area contributed by atoms with Gasteiger partial charge < -0.3 is 9.47 Å². The second kappa shape index (κ2) is 8.95. The van der Waals surface area contributed by atoms with Crippen molar-refractivity contribution in [2.75, 3.05) is 13.2 Å². The fraction of sp³-hybridized carbons (Fsp3) is 0.176. The Labute approximate surface area is 143 Å². The van der Waals surface area contributed by atoms with Crippen LogP contribution in [-0.2, 0) is 4.79 Å². The minimum Gasteiger partial charge on any atom is -0.493 e. The maximum Gasteiger partial charge on any atom is 0.277 e. The first-order valence-electron chi connectivity index (χ1n) is 7.11. The fourth-order valence-electron chi connectivity index (χ4n) is 1.79. The van der Waals surface area contributed by atoms with Crippen molar-refractivity contribution >= 4 is 28.1 Å². The summed E-state index contributed by atoms with van der Waals surface area (Å²) in [6.45, 7) is 2.36. The number of rotatable bonds is 7. The highest BCUT2D eigenvalue weighted by atomic mass is 79.9. The van der Waals surface area contributed by atoms with E-state index in [1.807, 2.05) is 49.4 Å². The SMILES string of the molecule is CCOc1ccccc1/C=N/NC(=O)COc1ccccc1Br. The summed E-state index contributed by atoms with van der Waals surface area (Å²) in [7, 11) is 0. The van der Waals surface area contributed by atoms with E-state index in [9.17, 15) is 4.79 Å². The van der Waals surface area contributed by atoms with E-state index in [0.29, 0.717) is 12.4 Å². The first-order chi connectivity index (χ1) is 11.2. The largest absolute Gasteiger partial charge is 0.493 e. The van der Waals surface area contributed by atoms with Crippen molar-refractivity contribution in [3.63, 3.8) is 0 Å². The number of carbonyl (C=O) groups excluding carboxylic acids is 1. The zero-order valence-corrected chi connectivity index (χ0v) is 14.2. The quantitative estimate of drug-likeness (QED) is 0.595. The van der Waals surface area contributed by atoms with E-state index in [4.69, 9.17) is 9.47 Å². The van der Waals surface area contributed by atoms with E-state index < -0.39 is 0 Å². The molecule has 6 heteroatoms. The molecule has 0 fully saturated rings. The fourth-order valence-corrected chi connectivity index (χ4v) is 2.18. The Balaban J connectivity index is 1.86. The minimum absolute atomic E-state index is 0.118. The van der Waals surface area contributed by atoms with Crippen LogP contribution in [0.4, 0.5) is 0 Å². The van der Waals surface area contributed by atoms with Crippen molar-refractivity contribution in [3.8, 4) is 11.5 Å². The first-order valence-corrected chi connectivity index (χ1v) is 7.91. The predicted molar refractivity (Wildman–Crippen MR) is 93.0 cm³/mol. The molecular weight excluding hydrogens is 360 g/mol. The Morgan fingerprint density at radius 1 is 1.13 bits per heavy atom. The number of amides is 1. The number of nitrogens with zero attached hydrogens (tertiary/aromatic N) is 1. The van der Waals surface area contributed by atoms with Crippen molar-refractivity contribution in [3.05, 3.63) is 58.6 Å².